The van der Waals surface area contributed by atoms with E-state index in [1.54, 1.807) is 0 Å². The highest BCUT2D eigenvalue weighted by Gasteiger charge is 2.56. The summed E-state index contributed by atoms with van der Waals surface area (Å²) in [7, 11) is 0. The van der Waals surface area contributed by atoms with E-state index in [-0.39, 0.29) is 0 Å². The highest BCUT2D eigenvalue weighted by molar-refractivity contribution is 5.78. The van der Waals surface area contributed by atoms with E-state index in [1.807, 2.05) is 0 Å². The topological polar surface area (TPSA) is 52.6 Å². The van der Waals surface area contributed by atoms with Crippen LogP contribution in [0.25, 0.3) is 0 Å². The minimum Gasteiger partial charge on any atom is -0.411 e. The van der Waals surface area contributed by atoms with E-state index in [4.69, 9.17) is 0 Å². The van der Waals surface area contributed by atoms with Crippen LogP contribution < -0.4 is 0 Å². The van der Waals surface area contributed by atoms with E-state index in [9.17, 15) is 62.3 Å². The smallest absolute Gasteiger partial charge is 0.411 e. The summed E-state index contributed by atoms with van der Waals surface area (Å²) < 4.78 is 149. The minimum absolute atomic E-state index is 2.41. The molecule has 24 heavy (non-hydrogen) atoms. The molecule has 0 aromatic rings. The molecule has 0 aromatic heterocycles. The molecule has 0 atom stereocenters. The average Bonchev–Trinajstić information content (AvgIpc) is 2.27. The van der Waals surface area contributed by atoms with Gasteiger partial charge in [0.25, 0.3) is 11.5 Å². The van der Waals surface area contributed by atoms with Gasteiger partial charge >= 0.3 is 36.6 Å². The van der Waals surface area contributed by atoms with Crippen LogP contribution in [0.5, 0.6) is 0 Å². The Bertz CT molecular complexity index is 483. The molecule has 0 heterocycles. The standard InChI is InChI=1S/C8F12O4/c9-5(10,11)1(23-3(21)7(15,16)17)2(6(12,13)14)24-4(22)8(18,19)20. The van der Waals surface area contributed by atoms with E-state index in [1.165, 1.54) is 0 Å². The molecule has 0 N–H and O–H groups in total. The molecule has 0 spiro atoms. The maximum absolute atomic E-state index is 12.3. The highest BCUT2D eigenvalue weighted by Crippen LogP contribution is 2.39. The number of esters is 2. The number of rotatable bonds is 2. The van der Waals surface area contributed by atoms with Crippen molar-refractivity contribution in [3.05, 3.63) is 11.5 Å². The monoisotopic (exact) mass is 388 g/mol. The van der Waals surface area contributed by atoms with E-state index in [0.717, 1.165) is 0 Å². The zero-order valence-corrected chi connectivity index (χ0v) is 10.2. The second-order valence-electron chi connectivity index (χ2n) is 3.43. The number of halogens is 12. The van der Waals surface area contributed by atoms with Crippen molar-refractivity contribution in [1.82, 2.24) is 0 Å². The van der Waals surface area contributed by atoms with Crippen LogP contribution in [0.15, 0.2) is 11.5 Å². The number of hydrogen-bond donors (Lipinski definition) is 0. The first-order valence-corrected chi connectivity index (χ1v) is 4.74. The summed E-state index contributed by atoms with van der Waals surface area (Å²) in [6.45, 7) is 0. The van der Waals surface area contributed by atoms with Crippen LogP contribution in [0.2, 0.25) is 0 Å². The fourth-order valence-corrected chi connectivity index (χ4v) is 0.767. The van der Waals surface area contributed by atoms with Crippen molar-refractivity contribution in [1.29, 1.82) is 0 Å². The summed E-state index contributed by atoms with van der Waals surface area (Å²) in [6.07, 6.45) is -25.6. The van der Waals surface area contributed by atoms with Crippen molar-refractivity contribution in [3.63, 3.8) is 0 Å². The Morgan fingerprint density at radius 1 is 0.458 bits per heavy atom. The molecule has 0 radical (unpaired) electrons. The predicted octanol–water partition coefficient (Wildman–Crippen LogP) is 3.53. The van der Waals surface area contributed by atoms with Gasteiger partial charge in [0, 0.05) is 0 Å². The molecular weight excluding hydrogens is 388 g/mol. The van der Waals surface area contributed by atoms with Crippen LogP contribution in [0, 0.1) is 0 Å². The lowest BCUT2D eigenvalue weighted by Gasteiger charge is -2.19. The molecule has 0 saturated carbocycles. The predicted molar refractivity (Wildman–Crippen MR) is 43.4 cm³/mol. The van der Waals surface area contributed by atoms with E-state index in [0.29, 0.717) is 0 Å². The average molecular weight is 388 g/mol. The van der Waals surface area contributed by atoms with E-state index < -0.39 is 48.2 Å². The molecule has 0 amide bonds. The molecule has 0 rings (SSSR count). The number of alkyl halides is 12. The summed E-state index contributed by atoms with van der Waals surface area (Å²) in [6, 6.07) is 0. The van der Waals surface area contributed by atoms with Gasteiger partial charge in [0.2, 0.25) is 0 Å². The van der Waals surface area contributed by atoms with Crippen LogP contribution in [0.1, 0.15) is 0 Å². The molecule has 4 nitrogen and oxygen atoms in total. The van der Waals surface area contributed by atoms with E-state index >= 15 is 0 Å². The largest absolute Gasteiger partial charge is 0.491 e. The van der Waals surface area contributed by atoms with Gasteiger partial charge in [-0.25, -0.2) is 9.59 Å². The van der Waals surface area contributed by atoms with Gasteiger partial charge in [-0.15, -0.1) is 0 Å². The van der Waals surface area contributed by atoms with Crippen molar-refractivity contribution < 1.29 is 71.7 Å². The summed E-state index contributed by atoms with van der Waals surface area (Å²) in [5.41, 5.74) is 0. The number of ether oxygens (including phenoxy) is 2. The zero-order valence-electron chi connectivity index (χ0n) is 10.2. The van der Waals surface area contributed by atoms with Gasteiger partial charge in [-0.2, -0.15) is 52.7 Å². The van der Waals surface area contributed by atoms with E-state index in [2.05, 4.69) is 9.47 Å². The van der Waals surface area contributed by atoms with Gasteiger partial charge in [0.15, 0.2) is 0 Å². The molecule has 0 saturated heterocycles. The van der Waals surface area contributed by atoms with Crippen LogP contribution in [-0.4, -0.2) is 36.6 Å². The van der Waals surface area contributed by atoms with Crippen LogP contribution in [0.3, 0.4) is 0 Å². The second-order valence-corrected chi connectivity index (χ2v) is 3.43. The van der Waals surface area contributed by atoms with Gasteiger partial charge in [-0.3, -0.25) is 0 Å². The van der Waals surface area contributed by atoms with Gasteiger partial charge in [0.1, 0.15) is 0 Å². The fraction of sp³-hybridized carbons (Fsp3) is 0.500. The maximum Gasteiger partial charge on any atom is 0.491 e. The molecule has 0 fully saturated rings. The molecule has 16 heteroatoms. The van der Waals surface area contributed by atoms with Gasteiger partial charge in [-0.05, 0) is 0 Å². The Kier molecular flexibility index (Phi) is 5.81. The molecule has 0 aliphatic carbocycles. The molecule has 0 unspecified atom stereocenters. The summed E-state index contributed by atoms with van der Waals surface area (Å²) >= 11 is 0. The third kappa shape index (κ3) is 6.15. The van der Waals surface area contributed by atoms with Crippen molar-refractivity contribution in [2.75, 3.05) is 0 Å². The number of allylic oxidation sites excluding steroid dienone is 2. The first-order chi connectivity index (χ1) is 10.3. The van der Waals surface area contributed by atoms with Crippen molar-refractivity contribution in [3.8, 4) is 0 Å². The van der Waals surface area contributed by atoms with Crippen molar-refractivity contribution in [2.24, 2.45) is 0 Å². The Morgan fingerprint density at radius 3 is 0.792 bits per heavy atom. The summed E-state index contributed by atoms with van der Waals surface area (Å²) in [4.78, 5) is 20.4. The molecule has 140 valence electrons. The van der Waals surface area contributed by atoms with Gasteiger partial charge < -0.3 is 9.47 Å². The molecule has 0 aliphatic heterocycles. The Labute approximate surface area is 121 Å². The quantitative estimate of drug-likeness (QED) is 0.413. The summed E-state index contributed by atoms with van der Waals surface area (Å²) in [5.74, 6) is -15.6. The SMILES string of the molecule is O=C(OC(=C(OC(=O)C(F)(F)F)C(F)(F)F)C(F)(F)F)C(F)(F)F. The lowest BCUT2D eigenvalue weighted by atomic mass is 10.3. The van der Waals surface area contributed by atoms with Gasteiger partial charge in [-0.1, -0.05) is 0 Å². The Morgan fingerprint density at radius 2 is 0.667 bits per heavy atom. The lowest BCUT2D eigenvalue weighted by Crippen LogP contribution is -2.35. The second kappa shape index (κ2) is 6.39. The first kappa shape index (κ1) is 21.8. The highest BCUT2D eigenvalue weighted by atomic mass is 19.4. The number of hydrogen-bond acceptors (Lipinski definition) is 4. The zero-order chi connectivity index (χ0) is 19.7. The lowest BCUT2D eigenvalue weighted by molar-refractivity contribution is -0.219. The minimum atomic E-state index is -6.57. The van der Waals surface area contributed by atoms with Crippen LogP contribution in [0.4, 0.5) is 52.7 Å². The van der Waals surface area contributed by atoms with Crippen molar-refractivity contribution in [2.45, 2.75) is 24.7 Å². The third-order valence-corrected chi connectivity index (χ3v) is 1.57. The first-order valence-electron chi connectivity index (χ1n) is 4.74. The Balaban J connectivity index is 6.22. The molecular formula is C8F12O4. The molecule has 0 aliphatic rings. The third-order valence-electron chi connectivity index (χ3n) is 1.57. The fourth-order valence-electron chi connectivity index (χ4n) is 0.767. The normalized spacial score (nSPS) is 14.8. The summed E-state index contributed by atoms with van der Waals surface area (Å²) in [5, 5.41) is 0. The van der Waals surface area contributed by atoms with Crippen LogP contribution in [-0.2, 0) is 19.1 Å². The van der Waals surface area contributed by atoms with Crippen LogP contribution >= 0.6 is 0 Å². The van der Waals surface area contributed by atoms with Crippen molar-refractivity contribution >= 4 is 11.9 Å². The number of carbonyl (C=O) groups excluding carboxylic acids is 2. The Hall–Kier alpha value is -2.16. The number of carbonyl (C=O) groups is 2. The maximum atomic E-state index is 12.3. The van der Waals surface area contributed by atoms with Gasteiger partial charge in [0.05, 0.1) is 0 Å². The molecule has 0 bridgehead atoms. The molecule has 0 aromatic carbocycles.